The molecule has 0 amide bonds. The monoisotopic (exact) mass is 223 g/mol. The lowest BCUT2D eigenvalue weighted by Crippen LogP contribution is -2.20. The molecule has 0 aliphatic carbocycles. The molecule has 1 atom stereocenters. The van der Waals surface area contributed by atoms with Gasteiger partial charge in [-0.05, 0) is 51.6 Å². The Morgan fingerprint density at radius 2 is 2.20 bits per heavy atom. The average molecular weight is 223 g/mol. The van der Waals surface area contributed by atoms with Gasteiger partial charge in [-0.3, -0.25) is 0 Å². The zero-order chi connectivity index (χ0) is 11.1. The topological polar surface area (TPSA) is 12.0 Å². The number of hydrogen-bond acceptors (Lipinski definition) is 2. The van der Waals surface area contributed by atoms with Crippen molar-refractivity contribution in [1.29, 1.82) is 0 Å². The van der Waals surface area contributed by atoms with Gasteiger partial charge >= 0.3 is 0 Å². The molecule has 1 nitrogen and oxygen atoms in total. The normalized spacial score (nSPS) is 12.7. The highest BCUT2D eigenvalue weighted by Gasteiger charge is 1.98. The molecule has 1 aromatic carbocycles. The van der Waals surface area contributed by atoms with E-state index in [0.717, 1.165) is 0 Å². The van der Waals surface area contributed by atoms with Crippen molar-refractivity contribution in [2.24, 2.45) is 0 Å². The van der Waals surface area contributed by atoms with Crippen molar-refractivity contribution in [3.8, 4) is 0 Å². The van der Waals surface area contributed by atoms with E-state index in [1.54, 1.807) is 0 Å². The van der Waals surface area contributed by atoms with Crippen LogP contribution in [-0.4, -0.2) is 18.8 Å². The van der Waals surface area contributed by atoms with Crippen LogP contribution < -0.4 is 5.32 Å². The summed E-state index contributed by atoms with van der Waals surface area (Å²) >= 11 is 1.96. The molecule has 0 saturated heterocycles. The Hall–Kier alpha value is -0.470. The lowest BCUT2D eigenvalue weighted by Gasteiger charge is -2.09. The highest BCUT2D eigenvalue weighted by atomic mass is 32.2. The molecule has 84 valence electrons. The van der Waals surface area contributed by atoms with E-state index in [-0.39, 0.29) is 0 Å². The van der Waals surface area contributed by atoms with Gasteiger partial charge in [0.05, 0.1) is 0 Å². The second-order valence-corrected chi connectivity index (χ2v) is 5.17. The molecule has 0 heterocycles. The first-order chi connectivity index (χ1) is 7.22. The first kappa shape index (κ1) is 12.6. The van der Waals surface area contributed by atoms with E-state index in [9.17, 15) is 0 Å². The largest absolute Gasteiger partial charge is 0.317 e. The Labute approximate surface area is 97.7 Å². The Balaban J connectivity index is 2.20. The summed E-state index contributed by atoms with van der Waals surface area (Å²) in [5, 5.41) is 3.26. The van der Waals surface area contributed by atoms with Crippen molar-refractivity contribution < 1.29 is 0 Å². The summed E-state index contributed by atoms with van der Waals surface area (Å²) in [5.74, 6) is 1.22. The Kier molecular flexibility index (Phi) is 5.81. The van der Waals surface area contributed by atoms with Gasteiger partial charge in [-0.2, -0.15) is 0 Å². The summed E-state index contributed by atoms with van der Waals surface area (Å²) in [6.45, 7) is 4.38. The second kappa shape index (κ2) is 6.91. The van der Waals surface area contributed by atoms with Crippen LogP contribution in [0.4, 0.5) is 0 Å². The maximum Gasteiger partial charge on any atom is 0.00745 e. The minimum absolute atomic E-state index is 0.642. The van der Waals surface area contributed by atoms with E-state index in [4.69, 9.17) is 0 Å². The molecule has 1 rings (SSSR count). The minimum atomic E-state index is 0.642. The molecule has 1 aromatic rings. The van der Waals surface area contributed by atoms with E-state index >= 15 is 0 Å². The van der Waals surface area contributed by atoms with E-state index in [2.05, 4.69) is 43.4 Å². The third-order valence-electron chi connectivity index (χ3n) is 2.53. The van der Waals surface area contributed by atoms with Crippen LogP contribution in [0.15, 0.2) is 29.2 Å². The highest BCUT2D eigenvalue weighted by molar-refractivity contribution is 7.99. The summed E-state index contributed by atoms with van der Waals surface area (Å²) < 4.78 is 0. The zero-order valence-corrected chi connectivity index (χ0v) is 10.7. The van der Waals surface area contributed by atoms with Crippen molar-refractivity contribution in [2.45, 2.75) is 37.6 Å². The predicted molar refractivity (Wildman–Crippen MR) is 69.7 cm³/mol. The summed E-state index contributed by atoms with van der Waals surface area (Å²) in [6, 6.07) is 9.37. The van der Waals surface area contributed by atoms with E-state index in [1.165, 1.54) is 29.1 Å². The van der Waals surface area contributed by atoms with Crippen molar-refractivity contribution in [3.63, 3.8) is 0 Å². The predicted octanol–water partition coefficient (Wildman–Crippen LogP) is 3.48. The van der Waals surface area contributed by atoms with Crippen LogP contribution in [0.3, 0.4) is 0 Å². The standard InChI is InChI=1S/C13H21NS/c1-11-6-4-8-13(10-11)15-9-5-7-12(2)14-3/h4,6,8,10,12,14H,5,7,9H2,1-3H3. The molecular formula is C13H21NS. The molecule has 0 radical (unpaired) electrons. The third-order valence-corrected chi connectivity index (χ3v) is 3.61. The van der Waals surface area contributed by atoms with Crippen molar-refractivity contribution in [2.75, 3.05) is 12.8 Å². The summed E-state index contributed by atoms with van der Waals surface area (Å²) in [4.78, 5) is 1.40. The third kappa shape index (κ3) is 5.24. The number of nitrogens with one attached hydrogen (secondary N) is 1. The quantitative estimate of drug-likeness (QED) is 0.585. The van der Waals surface area contributed by atoms with Gasteiger partial charge in [-0.1, -0.05) is 17.7 Å². The van der Waals surface area contributed by atoms with E-state index in [1.807, 2.05) is 18.8 Å². The van der Waals surface area contributed by atoms with Gasteiger partial charge in [0.1, 0.15) is 0 Å². The summed E-state index contributed by atoms with van der Waals surface area (Å²) in [5.41, 5.74) is 1.35. The fraction of sp³-hybridized carbons (Fsp3) is 0.538. The van der Waals surface area contributed by atoms with E-state index in [0.29, 0.717) is 6.04 Å². The number of rotatable bonds is 6. The number of benzene rings is 1. The second-order valence-electron chi connectivity index (χ2n) is 4.00. The molecule has 0 saturated carbocycles. The number of thioether (sulfide) groups is 1. The van der Waals surface area contributed by atoms with Crippen LogP contribution in [0, 0.1) is 6.92 Å². The Morgan fingerprint density at radius 3 is 2.87 bits per heavy atom. The fourth-order valence-corrected chi connectivity index (χ4v) is 2.42. The van der Waals surface area contributed by atoms with Gasteiger partial charge in [0.15, 0.2) is 0 Å². The van der Waals surface area contributed by atoms with Crippen molar-refractivity contribution >= 4 is 11.8 Å². The van der Waals surface area contributed by atoms with Gasteiger partial charge in [-0.25, -0.2) is 0 Å². The van der Waals surface area contributed by atoms with Gasteiger partial charge < -0.3 is 5.32 Å². The Morgan fingerprint density at radius 1 is 1.40 bits per heavy atom. The number of aryl methyl sites for hydroxylation is 1. The molecule has 0 aliphatic heterocycles. The lowest BCUT2D eigenvalue weighted by atomic mass is 10.2. The van der Waals surface area contributed by atoms with Crippen molar-refractivity contribution in [3.05, 3.63) is 29.8 Å². The molecule has 1 unspecified atom stereocenters. The van der Waals surface area contributed by atoms with Crippen LogP contribution in [0.25, 0.3) is 0 Å². The molecular weight excluding hydrogens is 202 g/mol. The number of hydrogen-bond donors (Lipinski definition) is 1. The van der Waals surface area contributed by atoms with E-state index < -0.39 is 0 Å². The lowest BCUT2D eigenvalue weighted by molar-refractivity contribution is 0.559. The smallest absolute Gasteiger partial charge is 0.00745 e. The first-order valence-electron chi connectivity index (χ1n) is 5.59. The molecule has 1 N–H and O–H groups in total. The average Bonchev–Trinajstić information content (AvgIpc) is 2.24. The fourth-order valence-electron chi connectivity index (χ4n) is 1.43. The van der Waals surface area contributed by atoms with Gasteiger partial charge in [0.2, 0.25) is 0 Å². The maximum absolute atomic E-state index is 3.26. The van der Waals surface area contributed by atoms with Crippen molar-refractivity contribution in [1.82, 2.24) is 5.32 Å². The molecule has 15 heavy (non-hydrogen) atoms. The summed E-state index contributed by atoms with van der Waals surface area (Å²) in [7, 11) is 2.03. The molecule has 0 aliphatic rings. The summed E-state index contributed by atoms with van der Waals surface area (Å²) in [6.07, 6.45) is 2.54. The molecule has 0 fully saturated rings. The molecule has 0 spiro atoms. The molecule has 2 heteroatoms. The SMILES string of the molecule is CNC(C)CCCSc1cccc(C)c1. The molecule has 0 aromatic heterocycles. The van der Waals surface area contributed by atoms with Gasteiger partial charge in [-0.15, -0.1) is 11.8 Å². The van der Waals surface area contributed by atoms with Gasteiger partial charge in [0, 0.05) is 10.9 Å². The van der Waals surface area contributed by atoms with Crippen LogP contribution in [0.1, 0.15) is 25.3 Å². The van der Waals surface area contributed by atoms with Gasteiger partial charge in [0.25, 0.3) is 0 Å². The zero-order valence-electron chi connectivity index (χ0n) is 9.92. The van der Waals surface area contributed by atoms with Crippen LogP contribution in [0.2, 0.25) is 0 Å². The van der Waals surface area contributed by atoms with Crippen LogP contribution in [0.5, 0.6) is 0 Å². The Bertz CT molecular complexity index is 286. The van der Waals surface area contributed by atoms with Crippen LogP contribution in [-0.2, 0) is 0 Å². The van der Waals surface area contributed by atoms with Crippen LogP contribution >= 0.6 is 11.8 Å². The maximum atomic E-state index is 3.26. The first-order valence-corrected chi connectivity index (χ1v) is 6.57. The highest BCUT2D eigenvalue weighted by Crippen LogP contribution is 2.20. The minimum Gasteiger partial charge on any atom is -0.317 e. The molecule has 0 bridgehead atoms.